The Morgan fingerprint density at radius 2 is 1.89 bits per heavy atom. The number of fused-ring (bicyclic) bond motifs is 1. The molecule has 27 heavy (non-hydrogen) atoms. The van der Waals surface area contributed by atoms with Crippen molar-refractivity contribution in [1.82, 2.24) is 5.32 Å². The van der Waals surface area contributed by atoms with Crippen LogP contribution in [0.25, 0.3) is 0 Å². The van der Waals surface area contributed by atoms with E-state index in [2.05, 4.69) is 10.6 Å². The van der Waals surface area contributed by atoms with Crippen LogP contribution in [0.4, 0.5) is 16.2 Å². The zero-order chi connectivity index (χ0) is 18.8. The number of urea groups is 1. The second-order valence-corrected chi connectivity index (χ2v) is 6.72. The minimum Gasteiger partial charge on any atom is -0.486 e. The van der Waals surface area contributed by atoms with E-state index in [4.69, 9.17) is 21.1 Å². The minimum atomic E-state index is -0.398. The van der Waals surface area contributed by atoms with Gasteiger partial charge in [0.1, 0.15) is 13.2 Å². The average Bonchev–Trinajstić information content (AvgIpc) is 3.03. The van der Waals surface area contributed by atoms with E-state index in [0.29, 0.717) is 42.0 Å². The summed E-state index contributed by atoms with van der Waals surface area (Å²) in [4.78, 5) is 26.3. The highest BCUT2D eigenvalue weighted by Crippen LogP contribution is 2.35. The van der Waals surface area contributed by atoms with Gasteiger partial charge in [-0.25, -0.2) is 4.79 Å². The zero-order valence-corrected chi connectivity index (χ0v) is 15.2. The summed E-state index contributed by atoms with van der Waals surface area (Å²) in [5, 5.41) is 5.97. The van der Waals surface area contributed by atoms with Crippen molar-refractivity contribution >= 4 is 34.9 Å². The summed E-state index contributed by atoms with van der Waals surface area (Å²) in [5.74, 6) is 1.24. The smallest absolute Gasteiger partial charge is 0.319 e. The maximum Gasteiger partial charge on any atom is 0.319 e. The Hall–Kier alpha value is -2.93. The van der Waals surface area contributed by atoms with E-state index >= 15 is 0 Å². The molecule has 4 rings (SSSR count). The van der Waals surface area contributed by atoms with Gasteiger partial charge in [0.2, 0.25) is 5.91 Å². The molecule has 0 spiro atoms. The molecule has 140 valence electrons. The molecule has 2 aromatic rings. The standard InChI is InChI=1S/C19H18ClN3O4/c20-14-3-1-2-4-15(14)22-19(25)21-12-9-18(24)23(11-12)13-5-6-16-17(10-13)27-8-7-26-16/h1-6,10,12H,7-9,11H2,(H2,21,22,25)/t12-/m0/s1. The molecule has 0 radical (unpaired) electrons. The summed E-state index contributed by atoms with van der Waals surface area (Å²) >= 11 is 6.04. The van der Waals surface area contributed by atoms with Crippen LogP contribution in [-0.2, 0) is 4.79 Å². The number of nitrogens with zero attached hydrogens (tertiary/aromatic N) is 1. The van der Waals surface area contributed by atoms with Crippen molar-refractivity contribution in [3.05, 3.63) is 47.5 Å². The van der Waals surface area contributed by atoms with Gasteiger partial charge in [-0.3, -0.25) is 4.79 Å². The Labute approximate surface area is 161 Å². The molecule has 2 aromatic carbocycles. The average molecular weight is 388 g/mol. The van der Waals surface area contributed by atoms with Gasteiger partial charge < -0.3 is 25.0 Å². The fourth-order valence-electron chi connectivity index (χ4n) is 3.16. The van der Waals surface area contributed by atoms with E-state index in [1.54, 1.807) is 41.3 Å². The van der Waals surface area contributed by atoms with Gasteiger partial charge in [0, 0.05) is 24.7 Å². The number of amides is 3. The minimum absolute atomic E-state index is 0.0604. The molecular weight excluding hydrogens is 370 g/mol. The highest BCUT2D eigenvalue weighted by Gasteiger charge is 2.32. The second-order valence-electron chi connectivity index (χ2n) is 6.31. The van der Waals surface area contributed by atoms with E-state index in [9.17, 15) is 9.59 Å². The van der Waals surface area contributed by atoms with E-state index in [1.807, 2.05) is 6.07 Å². The van der Waals surface area contributed by atoms with Gasteiger partial charge in [-0.15, -0.1) is 0 Å². The van der Waals surface area contributed by atoms with Gasteiger partial charge in [0.15, 0.2) is 11.5 Å². The summed E-state index contributed by atoms with van der Waals surface area (Å²) in [6.07, 6.45) is 0.227. The third-order valence-electron chi connectivity index (χ3n) is 4.42. The second kappa shape index (κ2) is 7.36. The molecule has 2 aliphatic rings. The van der Waals surface area contributed by atoms with Gasteiger partial charge >= 0.3 is 6.03 Å². The first-order valence-electron chi connectivity index (χ1n) is 8.62. The zero-order valence-electron chi connectivity index (χ0n) is 14.4. The van der Waals surface area contributed by atoms with Crippen LogP contribution in [0.3, 0.4) is 0 Å². The Morgan fingerprint density at radius 1 is 1.11 bits per heavy atom. The first-order valence-corrected chi connectivity index (χ1v) is 9.00. The topological polar surface area (TPSA) is 79.9 Å². The van der Waals surface area contributed by atoms with Crippen molar-refractivity contribution in [2.45, 2.75) is 12.5 Å². The molecule has 0 unspecified atom stereocenters. The number of benzene rings is 2. The quantitative estimate of drug-likeness (QED) is 0.848. The summed E-state index contributed by atoms with van der Waals surface area (Å²) in [6.45, 7) is 1.38. The Bertz CT molecular complexity index is 889. The molecule has 0 aromatic heterocycles. The lowest BCUT2D eigenvalue weighted by Crippen LogP contribution is -2.39. The number of ether oxygens (including phenoxy) is 2. The maximum absolute atomic E-state index is 12.4. The van der Waals surface area contributed by atoms with E-state index in [1.165, 1.54) is 0 Å². The highest BCUT2D eigenvalue weighted by atomic mass is 35.5. The van der Waals surface area contributed by atoms with Gasteiger partial charge in [0.25, 0.3) is 0 Å². The molecule has 1 atom stereocenters. The Kier molecular flexibility index (Phi) is 4.77. The first kappa shape index (κ1) is 17.5. The normalized spacial score (nSPS) is 18.3. The van der Waals surface area contributed by atoms with Crippen molar-refractivity contribution in [3.63, 3.8) is 0 Å². The molecule has 0 saturated carbocycles. The van der Waals surface area contributed by atoms with Crippen LogP contribution in [0.15, 0.2) is 42.5 Å². The number of anilines is 2. The Morgan fingerprint density at radius 3 is 2.70 bits per heavy atom. The molecule has 3 amide bonds. The van der Waals surface area contributed by atoms with Crippen molar-refractivity contribution in [3.8, 4) is 11.5 Å². The lowest BCUT2D eigenvalue weighted by molar-refractivity contribution is -0.117. The number of hydrogen-bond donors (Lipinski definition) is 2. The predicted molar refractivity (Wildman–Crippen MR) is 102 cm³/mol. The van der Waals surface area contributed by atoms with Gasteiger partial charge in [-0.1, -0.05) is 23.7 Å². The molecule has 7 nitrogen and oxygen atoms in total. The third-order valence-corrected chi connectivity index (χ3v) is 4.75. The monoisotopic (exact) mass is 387 g/mol. The molecule has 2 aliphatic heterocycles. The highest BCUT2D eigenvalue weighted by molar-refractivity contribution is 6.33. The van der Waals surface area contributed by atoms with Crippen molar-refractivity contribution in [1.29, 1.82) is 0 Å². The Balaban J connectivity index is 1.40. The third kappa shape index (κ3) is 3.78. The largest absolute Gasteiger partial charge is 0.486 e. The molecule has 1 saturated heterocycles. The van der Waals surface area contributed by atoms with Crippen LogP contribution in [0, 0.1) is 0 Å². The number of carbonyl (C=O) groups excluding carboxylic acids is 2. The molecule has 0 aliphatic carbocycles. The summed E-state index contributed by atoms with van der Waals surface area (Å²) < 4.78 is 11.1. The van der Waals surface area contributed by atoms with Crippen LogP contribution < -0.4 is 25.0 Å². The van der Waals surface area contributed by atoms with Gasteiger partial charge in [-0.2, -0.15) is 0 Å². The van der Waals surface area contributed by atoms with Crippen LogP contribution in [0.5, 0.6) is 11.5 Å². The molecule has 0 bridgehead atoms. The van der Waals surface area contributed by atoms with E-state index in [-0.39, 0.29) is 18.4 Å². The summed E-state index contributed by atoms with van der Waals surface area (Å²) in [6, 6.07) is 11.7. The molecule has 1 fully saturated rings. The fraction of sp³-hybridized carbons (Fsp3) is 0.263. The van der Waals surface area contributed by atoms with Crippen molar-refractivity contribution < 1.29 is 19.1 Å². The van der Waals surface area contributed by atoms with Crippen LogP contribution in [0.2, 0.25) is 5.02 Å². The van der Waals surface area contributed by atoms with Crippen LogP contribution in [-0.4, -0.2) is 37.7 Å². The first-order chi connectivity index (χ1) is 13.1. The van der Waals surface area contributed by atoms with E-state index < -0.39 is 6.03 Å². The number of carbonyl (C=O) groups is 2. The molecule has 8 heteroatoms. The maximum atomic E-state index is 12.4. The number of halogens is 1. The summed E-state index contributed by atoms with van der Waals surface area (Å²) in [7, 11) is 0. The van der Waals surface area contributed by atoms with Crippen molar-refractivity contribution in [2.75, 3.05) is 30.0 Å². The predicted octanol–water partition coefficient (Wildman–Crippen LogP) is 3.04. The SMILES string of the molecule is O=C(Nc1ccccc1Cl)N[C@H]1CC(=O)N(c2ccc3c(c2)OCCO3)C1. The lowest BCUT2D eigenvalue weighted by atomic mass is 10.2. The van der Waals surface area contributed by atoms with Gasteiger partial charge in [0.05, 0.1) is 16.8 Å². The number of hydrogen-bond acceptors (Lipinski definition) is 4. The number of rotatable bonds is 3. The summed E-state index contributed by atoms with van der Waals surface area (Å²) in [5.41, 5.74) is 1.24. The molecule has 2 heterocycles. The lowest BCUT2D eigenvalue weighted by Gasteiger charge is -2.22. The van der Waals surface area contributed by atoms with Crippen molar-refractivity contribution in [2.24, 2.45) is 0 Å². The molecular formula is C19H18ClN3O4. The molecule has 2 N–H and O–H groups in total. The van der Waals surface area contributed by atoms with Crippen LogP contribution >= 0.6 is 11.6 Å². The van der Waals surface area contributed by atoms with Crippen LogP contribution in [0.1, 0.15) is 6.42 Å². The van der Waals surface area contributed by atoms with E-state index in [0.717, 1.165) is 5.69 Å². The fourth-order valence-corrected chi connectivity index (χ4v) is 3.34. The number of nitrogens with one attached hydrogen (secondary N) is 2. The number of para-hydroxylation sites is 1. The van der Waals surface area contributed by atoms with Gasteiger partial charge in [-0.05, 0) is 24.3 Å².